The third-order valence-corrected chi connectivity index (χ3v) is 7.07. The number of benzene rings is 2. The van der Waals surface area contributed by atoms with Gasteiger partial charge in [0.25, 0.3) is 5.91 Å². The van der Waals surface area contributed by atoms with Crippen molar-refractivity contribution in [2.45, 2.75) is 18.7 Å². The minimum atomic E-state index is -4.18. The number of aromatic carboxylic acids is 1. The van der Waals surface area contributed by atoms with E-state index in [0.717, 1.165) is 5.56 Å². The molecule has 12 nitrogen and oxygen atoms in total. The predicted octanol–water partition coefficient (Wildman–Crippen LogP) is 3.75. The van der Waals surface area contributed by atoms with Crippen LogP contribution < -0.4 is 14.8 Å². The summed E-state index contributed by atoms with van der Waals surface area (Å²) < 4.78 is 46.4. The second-order valence-corrected chi connectivity index (χ2v) is 10.2. The Kier molecular flexibility index (Phi) is 8.14. The number of methoxy groups -OCH3 is 1. The number of aromatic nitrogens is 2. The minimum Gasteiger partial charge on any atom is -0.476 e. The highest BCUT2D eigenvalue weighted by Gasteiger charge is 2.26. The summed E-state index contributed by atoms with van der Waals surface area (Å²) in [5, 5.41) is 16.4. The van der Waals surface area contributed by atoms with Gasteiger partial charge in [-0.25, -0.2) is 17.9 Å². The standard InChI is InChI=1S/C26H26N4O8S/c1-16-6-9-19(10-7-16)30-25(17(2)23(29-30)26(32)33)38-20-11-8-18(28-24(31)21-5-4-13-37-21)15-22(20)39(34,35)27-12-14-36-3/h4-11,13,15,27H,12,14H2,1-3H3,(H,28,31)(H,32,33). The normalized spacial score (nSPS) is 11.4. The average molecular weight is 555 g/mol. The smallest absolute Gasteiger partial charge is 0.356 e. The van der Waals surface area contributed by atoms with Gasteiger partial charge < -0.3 is 24.3 Å². The van der Waals surface area contributed by atoms with Crippen LogP contribution in [0.25, 0.3) is 5.69 Å². The number of carbonyl (C=O) groups is 2. The molecular formula is C26H26N4O8S. The Morgan fingerprint density at radius 1 is 1.10 bits per heavy atom. The first-order valence-electron chi connectivity index (χ1n) is 11.7. The molecule has 2 aromatic carbocycles. The molecule has 204 valence electrons. The van der Waals surface area contributed by atoms with Crippen LogP contribution in [0, 0.1) is 13.8 Å². The minimum absolute atomic E-state index is 0.0111. The monoisotopic (exact) mass is 554 g/mol. The molecule has 0 unspecified atom stereocenters. The van der Waals surface area contributed by atoms with Crippen molar-refractivity contribution in [2.24, 2.45) is 0 Å². The summed E-state index contributed by atoms with van der Waals surface area (Å²) in [6, 6.07) is 14.2. The highest BCUT2D eigenvalue weighted by Crippen LogP contribution is 2.35. The van der Waals surface area contributed by atoms with Crippen LogP contribution >= 0.6 is 0 Å². The third kappa shape index (κ3) is 6.17. The lowest BCUT2D eigenvalue weighted by molar-refractivity contribution is 0.0689. The van der Waals surface area contributed by atoms with E-state index in [0.29, 0.717) is 5.69 Å². The van der Waals surface area contributed by atoms with Crippen LogP contribution in [0.2, 0.25) is 0 Å². The van der Waals surface area contributed by atoms with Crippen molar-refractivity contribution in [3.8, 4) is 17.3 Å². The van der Waals surface area contributed by atoms with Crippen LogP contribution in [0.4, 0.5) is 5.69 Å². The van der Waals surface area contributed by atoms with Crippen LogP contribution in [0.3, 0.4) is 0 Å². The molecule has 0 aliphatic heterocycles. The van der Waals surface area contributed by atoms with Crippen molar-refractivity contribution in [1.29, 1.82) is 0 Å². The number of hydrogen-bond acceptors (Lipinski definition) is 8. The fourth-order valence-corrected chi connectivity index (χ4v) is 4.77. The summed E-state index contributed by atoms with van der Waals surface area (Å²) in [6.07, 6.45) is 1.34. The van der Waals surface area contributed by atoms with Crippen LogP contribution in [-0.2, 0) is 14.8 Å². The topological polar surface area (TPSA) is 162 Å². The van der Waals surface area contributed by atoms with Gasteiger partial charge in [-0.05, 0) is 56.3 Å². The zero-order valence-corrected chi connectivity index (χ0v) is 22.1. The molecule has 13 heteroatoms. The summed E-state index contributed by atoms with van der Waals surface area (Å²) in [5.74, 6) is -1.92. The highest BCUT2D eigenvalue weighted by molar-refractivity contribution is 7.89. The fraction of sp³-hybridized carbons (Fsp3) is 0.192. The number of anilines is 1. The van der Waals surface area contributed by atoms with E-state index in [4.69, 9.17) is 13.9 Å². The van der Waals surface area contributed by atoms with Crippen molar-refractivity contribution >= 4 is 27.6 Å². The highest BCUT2D eigenvalue weighted by atomic mass is 32.2. The van der Waals surface area contributed by atoms with Crippen LogP contribution in [0.5, 0.6) is 11.6 Å². The number of hydrogen-bond donors (Lipinski definition) is 3. The van der Waals surface area contributed by atoms with Crippen LogP contribution in [0.15, 0.2) is 70.2 Å². The first-order valence-corrected chi connectivity index (χ1v) is 13.1. The lowest BCUT2D eigenvalue weighted by Crippen LogP contribution is -2.27. The summed E-state index contributed by atoms with van der Waals surface area (Å²) in [7, 11) is -2.74. The second kappa shape index (κ2) is 11.5. The van der Waals surface area contributed by atoms with E-state index in [-0.39, 0.29) is 52.4 Å². The second-order valence-electron chi connectivity index (χ2n) is 8.42. The first-order chi connectivity index (χ1) is 18.6. The van der Waals surface area contributed by atoms with Crippen molar-refractivity contribution in [3.05, 3.63) is 83.4 Å². The number of furan rings is 1. The van der Waals surface area contributed by atoms with E-state index in [2.05, 4.69) is 15.1 Å². The van der Waals surface area contributed by atoms with Crippen LogP contribution in [0.1, 0.15) is 32.2 Å². The number of carbonyl (C=O) groups excluding carboxylic acids is 1. The molecule has 0 spiro atoms. The van der Waals surface area contributed by atoms with E-state index >= 15 is 0 Å². The van der Waals surface area contributed by atoms with Gasteiger partial charge in [-0.2, -0.15) is 9.78 Å². The zero-order valence-electron chi connectivity index (χ0n) is 21.3. The van der Waals surface area contributed by atoms with E-state index in [1.807, 2.05) is 19.1 Å². The molecule has 0 saturated carbocycles. The Morgan fingerprint density at radius 3 is 2.49 bits per heavy atom. The number of sulfonamides is 1. The number of nitrogens with one attached hydrogen (secondary N) is 2. The molecular weight excluding hydrogens is 528 g/mol. The third-order valence-electron chi connectivity index (χ3n) is 5.59. The van der Waals surface area contributed by atoms with E-state index < -0.39 is 21.9 Å². The molecule has 0 atom stereocenters. The molecule has 0 aliphatic rings. The lowest BCUT2D eigenvalue weighted by atomic mass is 10.2. The van der Waals surface area contributed by atoms with Gasteiger partial charge in [-0.15, -0.1) is 0 Å². The van der Waals surface area contributed by atoms with Crippen molar-refractivity contribution < 1.29 is 37.0 Å². The SMILES string of the molecule is COCCNS(=O)(=O)c1cc(NC(=O)c2ccco2)ccc1Oc1c(C)c(C(=O)O)nn1-c1ccc(C)cc1. The fourth-order valence-electron chi connectivity index (χ4n) is 3.61. The van der Waals surface area contributed by atoms with Gasteiger partial charge in [0.05, 0.1) is 18.6 Å². The molecule has 3 N–H and O–H groups in total. The molecule has 0 fully saturated rings. The van der Waals surface area contributed by atoms with Crippen molar-refractivity contribution in [1.82, 2.24) is 14.5 Å². The molecule has 1 amide bonds. The number of carboxylic acid groups (broad SMARTS) is 1. The Bertz CT molecular complexity index is 1590. The maximum absolute atomic E-state index is 13.3. The summed E-state index contributed by atoms with van der Waals surface area (Å²) >= 11 is 0. The number of rotatable bonds is 11. The Labute approximate surface area is 224 Å². The van der Waals surface area contributed by atoms with Crippen molar-refractivity contribution in [2.75, 3.05) is 25.6 Å². The van der Waals surface area contributed by atoms with Crippen LogP contribution in [-0.4, -0.2) is 55.4 Å². The number of aryl methyl sites for hydroxylation is 1. The quantitative estimate of drug-likeness (QED) is 0.234. The molecule has 0 radical (unpaired) electrons. The molecule has 0 saturated heterocycles. The Balaban J connectivity index is 1.79. The van der Waals surface area contributed by atoms with Gasteiger partial charge in [0.15, 0.2) is 11.5 Å². The summed E-state index contributed by atoms with van der Waals surface area (Å²) in [6.45, 7) is 3.51. The van der Waals surface area contributed by atoms with E-state index in [1.54, 1.807) is 18.2 Å². The van der Waals surface area contributed by atoms with Gasteiger partial charge in [0, 0.05) is 24.9 Å². The molecule has 39 heavy (non-hydrogen) atoms. The molecule has 0 bridgehead atoms. The van der Waals surface area contributed by atoms with E-state index in [1.165, 1.54) is 49.2 Å². The molecule has 2 heterocycles. The first kappa shape index (κ1) is 27.6. The predicted molar refractivity (Wildman–Crippen MR) is 140 cm³/mol. The zero-order chi connectivity index (χ0) is 28.2. The summed E-state index contributed by atoms with van der Waals surface area (Å²) in [5.41, 5.74) is 1.58. The Hall–Kier alpha value is -4.46. The van der Waals surface area contributed by atoms with Gasteiger partial charge in [-0.1, -0.05) is 17.7 Å². The summed E-state index contributed by atoms with van der Waals surface area (Å²) in [4.78, 5) is 24.0. The number of ether oxygens (including phenoxy) is 2. The molecule has 4 aromatic rings. The molecule has 2 aromatic heterocycles. The lowest BCUT2D eigenvalue weighted by Gasteiger charge is -2.16. The van der Waals surface area contributed by atoms with Gasteiger partial charge >= 0.3 is 5.97 Å². The number of carboxylic acids is 1. The van der Waals surface area contributed by atoms with E-state index in [9.17, 15) is 23.1 Å². The van der Waals surface area contributed by atoms with Gasteiger partial charge in [0.1, 0.15) is 10.6 Å². The average Bonchev–Trinajstić information content (AvgIpc) is 3.55. The number of amides is 1. The molecule has 4 rings (SSSR count). The maximum atomic E-state index is 13.3. The van der Waals surface area contributed by atoms with Gasteiger partial charge in [0.2, 0.25) is 15.9 Å². The largest absolute Gasteiger partial charge is 0.476 e. The maximum Gasteiger partial charge on any atom is 0.356 e. The molecule has 0 aliphatic carbocycles. The van der Waals surface area contributed by atoms with Gasteiger partial charge in [-0.3, -0.25) is 4.79 Å². The van der Waals surface area contributed by atoms with Crippen molar-refractivity contribution in [3.63, 3.8) is 0 Å². The number of nitrogens with zero attached hydrogens (tertiary/aromatic N) is 2. The Morgan fingerprint density at radius 2 is 1.85 bits per heavy atom.